The van der Waals surface area contributed by atoms with Crippen molar-refractivity contribution >= 4 is 47.3 Å². The molecular formula is C95H167N5O47. The number of carboxylic acid groups (broad SMARTS) is 2. The van der Waals surface area contributed by atoms with Gasteiger partial charge in [-0.25, -0.2) is 9.59 Å². The molecule has 0 aromatic carbocycles. The Kier molecular flexibility index (Phi) is 54.4. The topological polar surface area (TPSA) is 832 Å². The monoisotopic (exact) mass is 2130 g/mol. The van der Waals surface area contributed by atoms with Gasteiger partial charge in [-0.3, -0.25) is 28.8 Å². The SMILES string of the molecule is CCCCCCCCCCCCCCCCCC(=O)NC(CO[C@@H]1OC(CO)[C@@H](O[C@@H]2OC(CO)[C@H](O)C(O[C@@H]3OC(CO)[C@H](O)C(O[C@]4(C(=O)O)CC(O)[C@@H](NC(C)=O)C(C(O)[C@@H](CO)O[C@@H]5OC(CO)[C@H](O[C@]6(C(=O)O)CC(O)[C@@H](NC(C)=O)C([C@H](O)[C@H](O)CO)O6)C(O[C@]6(C(C)=O)CC(O)[C@H](NC(C)=O)C([C@H](O)C(O)CO)O6)C5O)O4)C3NC(C)=O)C2O)C(O)C1O)[C@H](O)C(O)CCCCCCCCCCC(C)C. The summed E-state index contributed by atoms with van der Waals surface area (Å²) in [5.41, 5.74) is 0. The third kappa shape index (κ3) is 35.8. The van der Waals surface area contributed by atoms with Crippen LogP contribution in [0.4, 0.5) is 0 Å². The lowest BCUT2D eigenvalue weighted by atomic mass is 9.86. The van der Waals surface area contributed by atoms with Gasteiger partial charge in [-0.15, -0.1) is 0 Å². The maximum Gasteiger partial charge on any atom is 0.364 e. The fourth-order valence-electron chi connectivity index (χ4n) is 19.7. The zero-order valence-electron chi connectivity index (χ0n) is 84.8. The standard InChI is InChI=1S/C95H167N5O47/c1-9-10-11-12-13-14-15-16-17-18-19-20-25-28-31-34-64(119)100-52(69(120)53(113)33-30-27-24-22-21-23-26-29-32-46(2)3)45-134-88-76(127)75(126)79(62(43-106)138-88)140-90-77(128)85(74(125)61(42-105)137-90)141-87-68(99-51(8)112)84(73(124)59(40-103)135-87)146-95(92(132)133)37-56(116)67(98-50(7)111)83(145-95)72(123)60(41-104)136-89-78(129)86(147-93(47(4)108)35-54(114)65(96-48(5)109)81(143-93)70(121)57(117)38-101)80(63(44-107)139-89)142-94(91(130)131)36-55(115)66(97-49(6)110)82(144-94)71(122)58(118)39-102/h46,52-63,65-90,101-107,113-118,120-129H,9-45H2,1-8H3,(H,96,109)(H,97,110)(H,98,111)(H,99,112)(H,100,119)(H,130,131)(H,132,133)/t52?,53?,54?,55?,56?,57?,58-,59?,60-,61?,62?,63?,65+,66-,67-,68?,69+,70-,71-,72?,73+,74+,75?,76?,77?,78?,79-,80+,81?,82?,83?,84?,85?,86?,87+,88-,89-,90+,93+,94-,95+/m1/s1. The highest BCUT2D eigenvalue weighted by Gasteiger charge is 2.66. The molecule has 0 bridgehead atoms. The van der Waals surface area contributed by atoms with Crippen molar-refractivity contribution in [3.05, 3.63) is 0 Å². The summed E-state index contributed by atoms with van der Waals surface area (Å²) in [6.07, 6.45) is -54.4. The largest absolute Gasteiger partial charge is 0.477 e. The number of aliphatic carboxylic acids is 2. The minimum atomic E-state index is -3.63. The first-order valence-corrected chi connectivity index (χ1v) is 51.4. The molecule has 52 nitrogen and oxygen atoms in total. The minimum absolute atomic E-state index is 0.0472. The lowest BCUT2D eigenvalue weighted by molar-refractivity contribution is -0.402. The molecule has 41 atom stereocenters. The Morgan fingerprint density at radius 3 is 1.16 bits per heavy atom. The van der Waals surface area contributed by atoms with Gasteiger partial charge < -0.3 is 221 Å². The maximum absolute atomic E-state index is 14.4. The summed E-state index contributed by atoms with van der Waals surface area (Å²) in [5.74, 6) is -20.3. The number of aliphatic hydroxyl groups excluding tert-OH is 23. The first-order chi connectivity index (χ1) is 69.6. The normalized spacial score (nSPS) is 35.7. The predicted octanol–water partition coefficient (Wildman–Crippen LogP) is -7.53. The number of rotatable bonds is 65. The molecule has 147 heavy (non-hydrogen) atoms. The van der Waals surface area contributed by atoms with Crippen molar-refractivity contribution < 1.29 is 232 Å². The van der Waals surface area contributed by atoms with Gasteiger partial charge in [0, 0.05) is 60.3 Å². The molecule has 52 heteroatoms. The molecule has 7 fully saturated rings. The average molecular weight is 2130 g/mol. The van der Waals surface area contributed by atoms with Gasteiger partial charge in [0.2, 0.25) is 35.3 Å². The fraction of sp³-hybridized carbons (Fsp3) is 0.916. The number of ketones is 1. The smallest absolute Gasteiger partial charge is 0.364 e. The quantitative estimate of drug-likeness (QED) is 0.0252. The molecule has 0 radical (unpaired) electrons. The predicted molar refractivity (Wildman–Crippen MR) is 501 cm³/mol. The van der Waals surface area contributed by atoms with Crippen LogP contribution in [0.15, 0.2) is 0 Å². The second-order valence-corrected chi connectivity index (χ2v) is 40.1. The molecule has 7 heterocycles. The number of carbonyl (C=O) groups excluding carboxylic acids is 6. The van der Waals surface area contributed by atoms with Gasteiger partial charge in [0.1, 0.15) is 159 Å². The van der Waals surface area contributed by atoms with Crippen molar-refractivity contribution in [3.63, 3.8) is 0 Å². The van der Waals surface area contributed by atoms with Crippen molar-refractivity contribution in [2.45, 2.75) is 491 Å². The first-order valence-electron chi connectivity index (χ1n) is 51.4. The number of carboxylic acids is 2. The molecule has 0 aromatic heterocycles. The van der Waals surface area contributed by atoms with Crippen LogP contribution in [0.25, 0.3) is 0 Å². The fourth-order valence-corrected chi connectivity index (χ4v) is 19.7. The number of nitrogens with one attached hydrogen (secondary N) is 5. The molecule has 0 aliphatic carbocycles. The summed E-state index contributed by atoms with van der Waals surface area (Å²) in [6.45, 7) is 0.882. The van der Waals surface area contributed by atoms with E-state index in [1.54, 1.807) is 0 Å². The van der Waals surface area contributed by atoms with E-state index in [1.807, 2.05) is 0 Å². The molecule has 7 rings (SSSR count). The number of Topliss-reactive ketones (excluding diaryl/α,β-unsaturated/α-hetero) is 1. The van der Waals surface area contributed by atoms with Crippen LogP contribution in [0, 0.1) is 5.92 Å². The molecule has 5 amide bonds. The van der Waals surface area contributed by atoms with Crippen molar-refractivity contribution in [2.24, 2.45) is 5.92 Å². The van der Waals surface area contributed by atoms with Gasteiger partial charge in [-0.2, -0.15) is 0 Å². The van der Waals surface area contributed by atoms with E-state index in [2.05, 4.69) is 47.4 Å². The summed E-state index contributed by atoms with van der Waals surface area (Å²) in [4.78, 5) is 108. The highest BCUT2D eigenvalue weighted by molar-refractivity contribution is 5.84. The Morgan fingerprint density at radius 2 is 0.735 bits per heavy atom. The number of unbranched alkanes of at least 4 members (excludes halogenated alkanes) is 21. The van der Waals surface area contributed by atoms with Crippen LogP contribution in [0.3, 0.4) is 0 Å². The minimum Gasteiger partial charge on any atom is -0.477 e. The summed E-state index contributed by atoms with van der Waals surface area (Å²) in [7, 11) is 0. The highest BCUT2D eigenvalue weighted by atomic mass is 16.8. The molecular weight excluding hydrogens is 1960 g/mol. The molecule has 7 aliphatic rings. The van der Waals surface area contributed by atoms with Crippen molar-refractivity contribution in [2.75, 3.05) is 52.9 Å². The van der Waals surface area contributed by atoms with E-state index in [0.717, 1.165) is 118 Å². The number of carbonyl (C=O) groups is 8. The lowest BCUT2D eigenvalue weighted by Gasteiger charge is -2.53. The summed E-state index contributed by atoms with van der Waals surface area (Å²) < 4.78 is 84.5. The van der Waals surface area contributed by atoms with Crippen LogP contribution in [-0.2, 0) is 105 Å². The average Bonchev–Trinajstić information content (AvgIpc) is 0.736. The van der Waals surface area contributed by atoms with E-state index in [-0.39, 0.29) is 12.8 Å². The van der Waals surface area contributed by atoms with Crippen molar-refractivity contribution in [1.82, 2.24) is 26.6 Å². The number of aliphatic hydroxyl groups is 23. The van der Waals surface area contributed by atoms with Crippen LogP contribution in [0.1, 0.15) is 242 Å². The summed E-state index contributed by atoms with van der Waals surface area (Å²) in [5, 5.41) is 299. The van der Waals surface area contributed by atoms with Crippen LogP contribution in [0.2, 0.25) is 0 Å². The van der Waals surface area contributed by atoms with Crippen molar-refractivity contribution in [1.29, 1.82) is 0 Å². The van der Waals surface area contributed by atoms with Gasteiger partial charge in [0.15, 0.2) is 30.9 Å². The second-order valence-electron chi connectivity index (χ2n) is 40.1. The summed E-state index contributed by atoms with van der Waals surface area (Å²) in [6, 6.07) is -9.45. The lowest BCUT2D eigenvalue weighted by Crippen LogP contribution is -2.73. The van der Waals surface area contributed by atoms with Gasteiger partial charge in [0.05, 0.1) is 101 Å². The van der Waals surface area contributed by atoms with Crippen LogP contribution in [-0.4, -0.2) is 478 Å². The van der Waals surface area contributed by atoms with Gasteiger partial charge in [0.25, 0.3) is 11.6 Å². The molecule has 854 valence electrons. The van der Waals surface area contributed by atoms with Crippen LogP contribution < -0.4 is 26.6 Å². The third-order valence-corrected chi connectivity index (χ3v) is 27.9. The zero-order valence-corrected chi connectivity index (χ0v) is 84.8. The third-order valence-electron chi connectivity index (χ3n) is 27.9. The van der Waals surface area contributed by atoms with E-state index >= 15 is 0 Å². The Labute approximate surface area is 852 Å². The highest BCUT2D eigenvalue weighted by Crippen LogP contribution is 2.46. The molecule has 22 unspecified atom stereocenters. The molecule has 0 saturated carbocycles. The molecule has 30 N–H and O–H groups in total. The first kappa shape index (κ1) is 128. The second kappa shape index (κ2) is 62.3. The molecule has 0 aromatic rings. The summed E-state index contributed by atoms with van der Waals surface area (Å²) >= 11 is 0. The van der Waals surface area contributed by atoms with Gasteiger partial charge in [-0.05, 0) is 18.8 Å². The molecule has 7 saturated heterocycles. The Bertz CT molecular complexity index is 3900. The van der Waals surface area contributed by atoms with E-state index in [4.69, 9.17) is 66.3 Å². The van der Waals surface area contributed by atoms with E-state index in [9.17, 15) is 166 Å². The number of hydrogen-bond donors (Lipinski definition) is 30. The maximum atomic E-state index is 14.4. The number of amides is 5. The Morgan fingerprint density at radius 1 is 0.367 bits per heavy atom. The number of ether oxygens (including phenoxy) is 14. The number of hydrogen-bond acceptors (Lipinski definition) is 45. The Hall–Kier alpha value is -5.52. The van der Waals surface area contributed by atoms with Crippen molar-refractivity contribution in [3.8, 4) is 0 Å². The van der Waals surface area contributed by atoms with Crippen LogP contribution in [0.5, 0.6) is 0 Å². The molecule has 7 aliphatic heterocycles. The van der Waals surface area contributed by atoms with Crippen LogP contribution >= 0.6 is 0 Å². The van der Waals surface area contributed by atoms with E-state index < -0.39 is 369 Å². The Balaban J connectivity index is 1.15. The van der Waals surface area contributed by atoms with E-state index in [0.29, 0.717) is 25.7 Å². The van der Waals surface area contributed by atoms with Gasteiger partial charge >= 0.3 is 11.9 Å². The van der Waals surface area contributed by atoms with Gasteiger partial charge in [-0.1, -0.05) is 168 Å². The zero-order chi connectivity index (χ0) is 109. The molecule has 0 spiro atoms. The van der Waals surface area contributed by atoms with E-state index in [1.165, 1.54) is 51.4 Å².